The smallest absolute Gasteiger partial charge is 0.292 e. The van der Waals surface area contributed by atoms with Gasteiger partial charge in [-0.25, -0.2) is 9.37 Å². The molecule has 154 valence electrons. The summed E-state index contributed by atoms with van der Waals surface area (Å²) in [5.74, 6) is -1.28. The van der Waals surface area contributed by atoms with E-state index in [0.717, 1.165) is 0 Å². The highest BCUT2D eigenvalue weighted by Crippen LogP contribution is 2.40. The number of halogens is 2. The maximum atomic E-state index is 14.4. The van der Waals surface area contributed by atoms with Crippen molar-refractivity contribution < 1.29 is 18.4 Å². The van der Waals surface area contributed by atoms with E-state index >= 15 is 0 Å². The van der Waals surface area contributed by atoms with Gasteiger partial charge in [0.15, 0.2) is 6.39 Å². The molecular formula is C22H19ClFN3O3. The number of rotatable bonds is 5. The van der Waals surface area contributed by atoms with Gasteiger partial charge >= 0.3 is 0 Å². The summed E-state index contributed by atoms with van der Waals surface area (Å²) in [6, 6.07) is 9.34. The number of hydrogen-bond donors (Lipinski definition) is 1. The number of nitrogens with zero attached hydrogens (tertiary/aromatic N) is 2. The van der Waals surface area contributed by atoms with Gasteiger partial charge in [-0.05, 0) is 54.7 Å². The SMILES string of the molecule is Cc1ncoc1C(=O)N(Cc1ccccc1C(N)=O)[C@@H]1CCc2c(F)cc(Cl)cc21. The molecule has 30 heavy (non-hydrogen) atoms. The zero-order chi connectivity index (χ0) is 21.4. The predicted octanol–water partition coefficient (Wildman–Crippen LogP) is 4.20. The molecule has 4 rings (SSSR count). The molecule has 0 fully saturated rings. The monoisotopic (exact) mass is 427 g/mol. The maximum Gasteiger partial charge on any atom is 0.292 e. The lowest BCUT2D eigenvalue weighted by molar-refractivity contribution is 0.0622. The van der Waals surface area contributed by atoms with Gasteiger partial charge < -0.3 is 15.1 Å². The molecule has 0 radical (unpaired) electrons. The minimum atomic E-state index is -0.588. The highest BCUT2D eigenvalue weighted by Gasteiger charge is 2.35. The first-order valence-electron chi connectivity index (χ1n) is 9.43. The number of benzene rings is 2. The molecule has 1 atom stereocenters. The molecule has 0 aliphatic heterocycles. The number of fused-ring (bicyclic) bond motifs is 1. The number of hydrogen-bond acceptors (Lipinski definition) is 4. The zero-order valence-corrected chi connectivity index (χ0v) is 16.9. The van der Waals surface area contributed by atoms with Gasteiger partial charge in [0.1, 0.15) is 5.82 Å². The van der Waals surface area contributed by atoms with Crippen LogP contribution in [0.25, 0.3) is 0 Å². The van der Waals surface area contributed by atoms with E-state index in [2.05, 4.69) is 4.98 Å². The normalized spacial score (nSPS) is 15.1. The molecule has 0 saturated heterocycles. The van der Waals surface area contributed by atoms with Crippen LogP contribution in [-0.2, 0) is 13.0 Å². The van der Waals surface area contributed by atoms with Crippen LogP contribution in [0.15, 0.2) is 47.2 Å². The number of oxazole rings is 1. The van der Waals surface area contributed by atoms with E-state index in [9.17, 15) is 14.0 Å². The van der Waals surface area contributed by atoms with E-state index in [1.165, 1.54) is 12.5 Å². The molecule has 1 aromatic heterocycles. The van der Waals surface area contributed by atoms with Crippen LogP contribution in [0, 0.1) is 12.7 Å². The van der Waals surface area contributed by atoms with E-state index in [1.54, 1.807) is 42.2 Å². The number of carbonyl (C=O) groups excluding carboxylic acids is 2. The second-order valence-electron chi connectivity index (χ2n) is 7.23. The van der Waals surface area contributed by atoms with Crippen molar-refractivity contribution in [2.75, 3.05) is 0 Å². The average molecular weight is 428 g/mol. The van der Waals surface area contributed by atoms with Gasteiger partial charge in [0.05, 0.1) is 11.7 Å². The Bertz CT molecular complexity index is 1140. The molecule has 1 heterocycles. The lowest BCUT2D eigenvalue weighted by atomic mass is 10.0. The summed E-state index contributed by atoms with van der Waals surface area (Å²) in [5, 5.41) is 0.263. The third-order valence-electron chi connectivity index (χ3n) is 5.42. The number of nitrogens with two attached hydrogens (primary N) is 1. The van der Waals surface area contributed by atoms with Gasteiger partial charge in [-0.3, -0.25) is 9.59 Å². The van der Waals surface area contributed by atoms with Gasteiger partial charge in [-0.1, -0.05) is 29.8 Å². The molecule has 6 nitrogen and oxygen atoms in total. The molecular weight excluding hydrogens is 409 g/mol. The largest absolute Gasteiger partial charge is 0.438 e. The summed E-state index contributed by atoms with van der Waals surface area (Å²) in [6.07, 6.45) is 2.20. The number of primary amides is 1. The van der Waals surface area contributed by atoms with Crippen molar-refractivity contribution in [3.8, 4) is 0 Å². The first-order valence-corrected chi connectivity index (χ1v) is 9.81. The molecule has 1 aliphatic carbocycles. The third-order valence-corrected chi connectivity index (χ3v) is 5.64. The van der Waals surface area contributed by atoms with E-state index in [1.807, 2.05) is 0 Å². The van der Waals surface area contributed by atoms with Gasteiger partial charge in [0, 0.05) is 17.1 Å². The Kier molecular flexibility index (Phi) is 5.30. The summed E-state index contributed by atoms with van der Waals surface area (Å²) in [6.45, 7) is 1.77. The van der Waals surface area contributed by atoms with Crippen molar-refractivity contribution in [2.45, 2.75) is 32.4 Å². The van der Waals surface area contributed by atoms with Crippen LogP contribution in [0.2, 0.25) is 5.02 Å². The van der Waals surface area contributed by atoms with Crippen molar-refractivity contribution in [2.24, 2.45) is 5.73 Å². The molecule has 2 N–H and O–H groups in total. The fourth-order valence-electron chi connectivity index (χ4n) is 3.99. The minimum Gasteiger partial charge on any atom is -0.438 e. The lowest BCUT2D eigenvalue weighted by Crippen LogP contribution is -2.34. The lowest BCUT2D eigenvalue weighted by Gasteiger charge is -2.30. The molecule has 1 aliphatic rings. The van der Waals surface area contributed by atoms with Crippen LogP contribution in [0.3, 0.4) is 0 Å². The Labute approximate surface area is 177 Å². The summed E-state index contributed by atoms with van der Waals surface area (Å²) in [4.78, 5) is 30.9. The van der Waals surface area contributed by atoms with Crippen LogP contribution in [0.1, 0.15) is 55.8 Å². The second-order valence-corrected chi connectivity index (χ2v) is 7.67. The summed E-state index contributed by atoms with van der Waals surface area (Å²) >= 11 is 6.10. The zero-order valence-electron chi connectivity index (χ0n) is 16.2. The van der Waals surface area contributed by atoms with Crippen LogP contribution in [0.5, 0.6) is 0 Å². The predicted molar refractivity (Wildman–Crippen MR) is 109 cm³/mol. The molecule has 0 saturated carbocycles. The molecule has 3 aromatic rings. The van der Waals surface area contributed by atoms with Crippen molar-refractivity contribution in [3.05, 3.63) is 87.3 Å². The third kappa shape index (κ3) is 3.57. The Hall–Kier alpha value is -3.19. The average Bonchev–Trinajstić information content (AvgIpc) is 3.32. The quantitative estimate of drug-likeness (QED) is 0.660. The molecule has 0 spiro atoms. The van der Waals surface area contributed by atoms with Crippen molar-refractivity contribution in [3.63, 3.8) is 0 Å². The van der Waals surface area contributed by atoms with Gasteiger partial charge in [-0.2, -0.15) is 0 Å². The first kappa shape index (κ1) is 20.1. The van der Waals surface area contributed by atoms with Crippen LogP contribution in [-0.4, -0.2) is 21.7 Å². The van der Waals surface area contributed by atoms with Crippen molar-refractivity contribution in [1.29, 1.82) is 0 Å². The summed E-state index contributed by atoms with van der Waals surface area (Å²) < 4.78 is 19.8. The number of amides is 2. The number of aromatic nitrogens is 1. The van der Waals surface area contributed by atoms with Crippen LogP contribution < -0.4 is 5.73 Å². The molecule has 2 aromatic carbocycles. The number of aryl methyl sites for hydroxylation is 1. The molecule has 8 heteroatoms. The highest BCUT2D eigenvalue weighted by molar-refractivity contribution is 6.30. The van der Waals surface area contributed by atoms with E-state index in [-0.39, 0.29) is 23.1 Å². The van der Waals surface area contributed by atoms with E-state index in [4.69, 9.17) is 21.8 Å². The van der Waals surface area contributed by atoms with E-state index < -0.39 is 17.9 Å². The molecule has 0 unspecified atom stereocenters. The van der Waals surface area contributed by atoms with Gasteiger partial charge in [0.25, 0.3) is 5.91 Å². The fraction of sp³-hybridized carbons (Fsp3) is 0.227. The molecule has 2 amide bonds. The van der Waals surface area contributed by atoms with E-state index in [0.29, 0.717) is 40.8 Å². The highest BCUT2D eigenvalue weighted by atomic mass is 35.5. The fourth-order valence-corrected chi connectivity index (χ4v) is 4.20. The minimum absolute atomic E-state index is 0.0936. The van der Waals surface area contributed by atoms with Gasteiger partial charge in [-0.15, -0.1) is 0 Å². The first-order chi connectivity index (χ1) is 14.4. The van der Waals surface area contributed by atoms with Gasteiger partial charge in [0.2, 0.25) is 11.7 Å². The maximum absolute atomic E-state index is 14.4. The Morgan fingerprint density at radius 3 is 2.80 bits per heavy atom. The van der Waals surface area contributed by atoms with Crippen LogP contribution >= 0.6 is 11.6 Å². The number of carbonyl (C=O) groups is 2. The Morgan fingerprint density at radius 1 is 1.33 bits per heavy atom. The molecule has 0 bridgehead atoms. The Balaban J connectivity index is 1.80. The Morgan fingerprint density at radius 2 is 2.10 bits per heavy atom. The standard InChI is InChI=1S/C22H19ClFN3O3/c1-12-20(30-11-26-12)22(29)27(10-13-4-2-3-5-15(13)21(25)28)19-7-6-16-17(19)8-14(23)9-18(16)24/h2-5,8-9,11,19H,6-7,10H2,1H3,(H2,25,28)/t19-/m1/s1. The second kappa shape index (κ2) is 7.91. The summed E-state index contributed by atoms with van der Waals surface area (Å²) in [5.41, 5.74) is 8.07. The van der Waals surface area contributed by atoms with Crippen molar-refractivity contribution in [1.82, 2.24) is 9.88 Å². The van der Waals surface area contributed by atoms with Crippen molar-refractivity contribution >= 4 is 23.4 Å². The topological polar surface area (TPSA) is 89.4 Å². The summed E-state index contributed by atoms with van der Waals surface area (Å²) in [7, 11) is 0. The van der Waals surface area contributed by atoms with Crippen LogP contribution in [0.4, 0.5) is 4.39 Å².